The second-order valence-corrected chi connectivity index (χ2v) is 9.48. The van der Waals surface area contributed by atoms with Gasteiger partial charge in [-0.2, -0.15) is 0 Å². The molecule has 2 amide bonds. The number of benzene rings is 2. The van der Waals surface area contributed by atoms with E-state index in [1.54, 1.807) is 37.3 Å². The van der Waals surface area contributed by atoms with E-state index in [1.165, 1.54) is 11.0 Å². The molecule has 0 spiro atoms. The zero-order valence-corrected chi connectivity index (χ0v) is 17.8. The quantitative estimate of drug-likeness (QED) is 0.755. The molecule has 30 heavy (non-hydrogen) atoms. The van der Waals surface area contributed by atoms with Crippen molar-refractivity contribution in [3.05, 3.63) is 70.4 Å². The standard InChI is InChI=1S/C21H20ClN3O4S/c1-12-6-9-18(20(26)23-12)25-11-14-10-15(7-8-16(14)21(25)27)24-30(28,29)19-5-3-4-17(22)13(19)2/h3-5,7-8,10,18,24H,1,6,9,11H2,2H3,(H,23,26). The summed E-state index contributed by atoms with van der Waals surface area (Å²) in [6, 6.07) is 8.88. The molecule has 4 rings (SSSR count). The summed E-state index contributed by atoms with van der Waals surface area (Å²) in [5, 5.41) is 3.06. The van der Waals surface area contributed by atoms with Crippen LogP contribution in [-0.2, 0) is 21.4 Å². The molecule has 1 saturated heterocycles. The molecule has 0 radical (unpaired) electrons. The molecule has 2 aromatic carbocycles. The number of nitrogens with zero attached hydrogens (tertiary/aromatic N) is 1. The third kappa shape index (κ3) is 3.57. The molecule has 0 saturated carbocycles. The third-order valence-corrected chi connectivity index (χ3v) is 7.33. The molecule has 2 N–H and O–H groups in total. The third-order valence-electron chi connectivity index (χ3n) is 5.40. The van der Waals surface area contributed by atoms with Gasteiger partial charge in [0.1, 0.15) is 6.04 Å². The Morgan fingerprint density at radius 2 is 2.00 bits per heavy atom. The van der Waals surface area contributed by atoms with Crippen LogP contribution in [0.2, 0.25) is 5.02 Å². The minimum absolute atomic E-state index is 0.0901. The van der Waals surface area contributed by atoms with E-state index in [9.17, 15) is 18.0 Å². The molecule has 1 atom stereocenters. The number of allylic oxidation sites excluding steroid dienone is 1. The van der Waals surface area contributed by atoms with Crippen LogP contribution in [0.3, 0.4) is 0 Å². The lowest BCUT2D eigenvalue weighted by Crippen LogP contribution is -2.49. The molecule has 7 nitrogen and oxygen atoms in total. The fraction of sp³-hybridized carbons (Fsp3) is 0.238. The number of anilines is 1. The molecule has 2 aliphatic rings. The van der Waals surface area contributed by atoms with E-state index in [4.69, 9.17) is 11.6 Å². The number of halogens is 1. The molecule has 0 aromatic heterocycles. The van der Waals surface area contributed by atoms with Crippen molar-refractivity contribution in [2.45, 2.75) is 37.2 Å². The first-order chi connectivity index (χ1) is 14.2. The summed E-state index contributed by atoms with van der Waals surface area (Å²) in [4.78, 5) is 26.7. The summed E-state index contributed by atoms with van der Waals surface area (Å²) in [5.74, 6) is -0.484. The normalized spacial score (nSPS) is 18.9. The van der Waals surface area contributed by atoms with Crippen LogP contribution in [0.25, 0.3) is 0 Å². The molecule has 156 valence electrons. The first kappa shape index (κ1) is 20.4. The van der Waals surface area contributed by atoms with E-state index < -0.39 is 16.1 Å². The van der Waals surface area contributed by atoms with Crippen LogP contribution in [0.4, 0.5) is 5.69 Å². The predicted molar refractivity (Wildman–Crippen MR) is 114 cm³/mol. The number of hydrogen-bond donors (Lipinski definition) is 2. The summed E-state index contributed by atoms with van der Waals surface area (Å²) in [7, 11) is -3.85. The van der Waals surface area contributed by atoms with Crippen molar-refractivity contribution in [2.24, 2.45) is 0 Å². The van der Waals surface area contributed by atoms with Gasteiger partial charge in [0.05, 0.1) is 4.90 Å². The highest BCUT2D eigenvalue weighted by Gasteiger charge is 2.38. The van der Waals surface area contributed by atoms with E-state index in [-0.39, 0.29) is 23.3 Å². The van der Waals surface area contributed by atoms with E-state index in [1.807, 2.05) is 0 Å². The van der Waals surface area contributed by atoms with Crippen molar-refractivity contribution in [2.75, 3.05) is 4.72 Å². The number of sulfonamides is 1. The van der Waals surface area contributed by atoms with Crippen molar-refractivity contribution in [3.8, 4) is 0 Å². The lowest BCUT2D eigenvalue weighted by atomic mass is 10.0. The Bertz CT molecular complexity index is 1190. The molecular weight excluding hydrogens is 426 g/mol. The summed E-state index contributed by atoms with van der Waals surface area (Å²) >= 11 is 6.05. The summed E-state index contributed by atoms with van der Waals surface area (Å²) in [6.45, 7) is 5.64. The minimum atomic E-state index is -3.85. The fourth-order valence-electron chi connectivity index (χ4n) is 3.81. The predicted octanol–water partition coefficient (Wildman–Crippen LogP) is 3.20. The van der Waals surface area contributed by atoms with Gasteiger partial charge in [-0.05, 0) is 61.2 Å². The van der Waals surface area contributed by atoms with Gasteiger partial charge in [-0.25, -0.2) is 8.42 Å². The molecule has 2 aromatic rings. The molecule has 1 unspecified atom stereocenters. The smallest absolute Gasteiger partial charge is 0.262 e. The highest BCUT2D eigenvalue weighted by atomic mass is 35.5. The Morgan fingerprint density at radius 3 is 2.73 bits per heavy atom. The molecular formula is C21H20ClN3O4S. The lowest BCUT2D eigenvalue weighted by molar-refractivity contribution is -0.126. The molecule has 0 bridgehead atoms. The van der Waals surface area contributed by atoms with E-state index >= 15 is 0 Å². The maximum absolute atomic E-state index is 12.8. The zero-order chi connectivity index (χ0) is 21.6. The molecule has 0 aliphatic carbocycles. The van der Waals surface area contributed by atoms with Crippen molar-refractivity contribution in [1.82, 2.24) is 10.2 Å². The van der Waals surface area contributed by atoms with E-state index in [0.717, 1.165) is 0 Å². The van der Waals surface area contributed by atoms with Gasteiger partial charge in [0.25, 0.3) is 15.9 Å². The summed E-state index contributed by atoms with van der Waals surface area (Å²) < 4.78 is 28.2. The van der Waals surface area contributed by atoms with Gasteiger partial charge < -0.3 is 10.2 Å². The second-order valence-electron chi connectivity index (χ2n) is 7.42. The van der Waals surface area contributed by atoms with Crippen LogP contribution in [0.5, 0.6) is 0 Å². The monoisotopic (exact) mass is 445 g/mol. The van der Waals surface area contributed by atoms with E-state index in [0.29, 0.717) is 45.9 Å². The number of nitrogens with one attached hydrogen (secondary N) is 2. The van der Waals surface area contributed by atoms with Crippen LogP contribution < -0.4 is 10.0 Å². The highest BCUT2D eigenvalue weighted by Crippen LogP contribution is 2.31. The van der Waals surface area contributed by atoms with Gasteiger partial charge in [-0.1, -0.05) is 24.2 Å². The Kier molecular flexibility index (Phi) is 5.07. The van der Waals surface area contributed by atoms with Gasteiger partial charge >= 0.3 is 0 Å². The van der Waals surface area contributed by atoms with E-state index in [2.05, 4.69) is 16.6 Å². The zero-order valence-electron chi connectivity index (χ0n) is 16.2. The van der Waals surface area contributed by atoms with Crippen LogP contribution in [0.1, 0.15) is 34.3 Å². The van der Waals surface area contributed by atoms with Gasteiger partial charge in [0, 0.05) is 28.5 Å². The number of carbonyl (C=O) groups excluding carboxylic acids is 2. The SMILES string of the molecule is C=C1CCC(N2Cc3cc(NS(=O)(=O)c4cccc(Cl)c4C)ccc3C2=O)C(=O)N1. The van der Waals surface area contributed by atoms with Crippen molar-refractivity contribution in [1.29, 1.82) is 0 Å². The fourth-order valence-corrected chi connectivity index (χ4v) is 5.36. The van der Waals surface area contributed by atoms with Gasteiger partial charge in [-0.15, -0.1) is 0 Å². The molecule has 1 fully saturated rings. The topological polar surface area (TPSA) is 95.6 Å². The van der Waals surface area contributed by atoms with Crippen LogP contribution >= 0.6 is 11.6 Å². The summed E-state index contributed by atoms with van der Waals surface area (Å²) in [6.07, 6.45) is 1.12. The van der Waals surface area contributed by atoms with Gasteiger partial charge in [-0.3, -0.25) is 14.3 Å². The first-order valence-electron chi connectivity index (χ1n) is 9.38. The maximum atomic E-state index is 12.8. The van der Waals surface area contributed by atoms with Crippen molar-refractivity contribution >= 4 is 39.1 Å². The van der Waals surface area contributed by atoms with Gasteiger partial charge in [0.2, 0.25) is 5.91 Å². The highest BCUT2D eigenvalue weighted by molar-refractivity contribution is 7.92. The average Bonchev–Trinajstić information content (AvgIpc) is 2.99. The number of hydrogen-bond acceptors (Lipinski definition) is 4. The Morgan fingerprint density at radius 1 is 1.23 bits per heavy atom. The van der Waals surface area contributed by atoms with Crippen LogP contribution in [-0.4, -0.2) is 31.2 Å². The number of carbonyl (C=O) groups is 2. The van der Waals surface area contributed by atoms with Crippen LogP contribution in [0.15, 0.2) is 53.6 Å². The first-order valence-corrected chi connectivity index (χ1v) is 11.2. The number of piperidine rings is 1. The minimum Gasteiger partial charge on any atom is -0.329 e. The lowest BCUT2D eigenvalue weighted by Gasteiger charge is -2.30. The van der Waals surface area contributed by atoms with Crippen LogP contribution in [0, 0.1) is 6.92 Å². The number of rotatable bonds is 4. The van der Waals surface area contributed by atoms with Crippen molar-refractivity contribution < 1.29 is 18.0 Å². The van der Waals surface area contributed by atoms with Crippen molar-refractivity contribution in [3.63, 3.8) is 0 Å². The molecule has 2 heterocycles. The summed E-state index contributed by atoms with van der Waals surface area (Å²) in [5.41, 5.74) is 2.58. The van der Waals surface area contributed by atoms with Gasteiger partial charge in [0.15, 0.2) is 0 Å². The maximum Gasteiger partial charge on any atom is 0.262 e. The Labute approximate surface area is 179 Å². The Hall–Kier alpha value is -2.84. The largest absolute Gasteiger partial charge is 0.329 e. The second kappa shape index (κ2) is 7.45. The average molecular weight is 446 g/mol. The Balaban J connectivity index is 1.58. The number of amides is 2. The number of fused-ring (bicyclic) bond motifs is 1. The molecule has 2 aliphatic heterocycles. The molecule has 9 heteroatoms.